The van der Waals surface area contributed by atoms with Crippen LogP contribution in [0.4, 0.5) is 10.1 Å². The average Bonchev–Trinajstić information content (AvgIpc) is 2.47. The Morgan fingerprint density at radius 2 is 1.86 bits per heavy atom. The van der Waals surface area contributed by atoms with Crippen LogP contribution in [0, 0.1) is 5.82 Å². The molecule has 0 aliphatic rings. The van der Waals surface area contributed by atoms with Crippen LogP contribution in [0.25, 0.3) is 0 Å². The van der Waals surface area contributed by atoms with E-state index in [-0.39, 0.29) is 18.3 Å². The van der Waals surface area contributed by atoms with Gasteiger partial charge in [-0.25, -0.2) is 4.39 Å². The summed E-state index contributed by atoms with van der Waals surface area (Å²) in [5.41, 5.74) is 2.94. The predicted molar refractivity (Wildman–Crippen MR) is 82.6 cm³/mol. The van der Waals surface area contributed by atoms with Crippen LogP contribution in [-0.4, -0.2) is 12.5 Å². The van der Waals surface area contributed by atoms with E-state index >= 15 is 0 Å². The average molecular weight is 286 g/mol. The van der Waals surface area contributed by atoms with Crippen molar-refractivity contribution in [3.63, 3.8) is 0 Å². The lowest BCUT2D eigenvalue weighted by molar-refractivity contribution is -0.115. The zero-order chi connectivity index (χ0) is 15.1. The Balaban J connectivity index is 1.82. The molecule has 0 saturated heterocycles. The van der Waals surface area contributed by atoms with Crippen LogP contribution in [-0.2, 0) is 17.8 Å². The Kier molecular flexibility index (Phi) is 5.46. The van der Waals surface area contributed by atoms with Crippen molar-refractivity contribution in [1.29, 1.82) is 0 Å². The van der Waals surface area contributed by atoms with Gasteiger partial charge >= 0.3 is 0 Å². The lowest BCUT2D eigenvalue weighted by Gasteiger charge is -2.09. The third-order valence-corrected chi connectivity index (χ3v) is 3.21. The minimum atomic E-state index is -0.363. The number of halogens is 1. The van der Waals surface area contributed by atoms with Gasteiger partial charge in [0.25, 0.3) is 0 Å². The molecule has 3 nitrogen and oxygen atoms in total. The molecule has 2 aromatic rings. The fourth-order valence-corrected chi connectivity index (χ4v) is 2.16. The lowest BCUT2D eigenvalue weighted by Crippen LogP contribution is -2.28. The summed E-state index contributed by atoms with van der Waals surface area (Å²) in [5.74, 6) is -0.549. The summed E-state index contributed by atoms with van der Waals surface area (Å²) in [6.07, 6.45) is 0.966. The molecule has 2 rings (SSSR count). The Morgan fingerprint density at radius 1 is 1.10 bits per heavy atom. The monoisotopic (exact) mass is 286 g/mol. The van der Waals surface area contributed by atoms with Crippen molar-refractivity contribution in [3.8, 4) is 0 Å². The highest BCUT2D eigenvalue weighted by Crippen LogP contribution is 2.10. The van der Waals surface area contributed by atoms with Crippen LogP contribution in [0.15, 0.2) is 48.5 Å². The number of amides is 1. The van der Waals surface area contributed by atoms with Crippen molar-refractivity contribution in [1.82, 2.24) is 5.32 Å². The molecule has 0 unspecified atom stereocenters. The second-order valence-corrected chi connectivity index (χ2v) is 4.78. The second-order valence-electron chi connectivity index (χ2n) is 4.78. The SMILES string of the molecule is CCc1ccccc1CNCC(=O)Nc1cccc(F)c1. The largest absolute Gasteiger partial charge is 0.325 e. The number of aryl methyl sites for hydroxylation is 1. The lowest BCUT2D eigenvalue weighted by atomic mass is 10.1. The van der Waals surface area contributed by atoms with E-state index in [9.17, 15) is 9.18 Å². The molecule has 1 amide bonds. The molecule has 0 aromatic heterocycles. The molecule has 0 aliphatic carbocycles. The fourth-order valence-electron chi connectivity index (χ4n) is 2.16. The van der Waals surface area contributed by atoms with E-state index in [1.54, 1.807) is 12.1 Å². The van der Waals surface area contributed by atoms with Gasteiger partial charge in [0.2, 0.25) is 5.91 Å². The highest BCUT2D eigenvalue weighted by molar-refractivity contribution is 5.92. The molecule has 21 heavy (non-hydrogen) atoms. The number of anilines is 1. The van der Waals surface area contributed by atoms with Crippen LogP contribution in [0.1, 0.15) is 18.1 Å². The van der Waals surface area contributed by atoms with E-state index in [1.165, 1.54) is 23.3 Å². The van der Waals surface area contributed by atoms with Gasteiger partial charge in [-0.05, 0) is 35.7 Å². The molecule has 0 bridgehead atoms. The van der Waals surface area contributed by atoms with Gasteiger partial charge in [0, 0.05) is 12.2 Å². The van der Waals surface area contributed by atoms with E-state index in [1.807, 2.05) is 12.1 Å². The molecule has 0 radical (unpaired) electrons. The maximum atomic E-state index is 13.0. The first-order valence-electron chi connectivity index (χ1n) is 7.02. The van der Waals surface area contributed by atoms with Gasteiger partial charge in [-0.1, -0.05) is 37.3 Å². The molecule has 0 atom stereocenters. The highest BCUT2D eigenvalue weighted by Gasteiger charge is 2.04. The molecule has 4 heteroatoms. The van der Waals surface area contributed by atoms with Gasteiger partial charge < -0.3 is 10.6 Å². The van der Waals surface area contributed by atoms with E-state index in [4.69, 9.17) is 0 Å². The highest BCUT2D eigenvalue weighted by atomic mass is 19.1. The normalized spacial score (nSPS) is 10.4. The second kappa shape index (κ2) is 7.55. The molecule has 2 N–H and O–H groups in total. The standard InChI is InChI=1S/C17H19FN2O/c1-2-13-6-3-4-7-14(13)11-19-12-17(21)20-16-9-5-8-15(18)10-16/h3-10,19H,2,11-12H2,1H3,(H,20,21). The van der Waals surface area contributed by atoms with Crippen LogP contribution < -0.4 is 10.6 Å². The molecule has 0 spiro atoms. The van der Waals surface area contributed by atoms with Crippen LogP contribution in [0.3, 0.4) is 0 Å². The van der Waals surface area contributed by atoms with Crippen molar-refractivity contribution >= 4 is 11.6 Å². The zero-order valence-corrected chi connectivity index (χ0v) is 12.0. The molecule has 110 valence electrons. The zero-order valence-electron chi connectivity index (χ0n) is 12.0. The Labute approximate surface area is 124 Å². The van der Waals surface area contributed by atoms with Crippen LogP contribution >= 0.6 is 0 Å². The molecule has 0 fully saturated rings. The Hall–Kier alpha value is -2.20. The number of hydrogen-bond acceptors (Lipinski definition) is 2. The number of carbonyl (C=O) groups is 1. The van der Waals surface area contributed by atoms with Crippen molar-refractivity contribution in [3.05, 3.63) is 65.5 Å². The van der Waals surface area contributed by atoms with Gasteiger partial charge in [0.1, 0.15) is 5.82 Å². The maximum absolute atomic E-state index is 13.0. The van der Waals surface area contributed by atoms with Gasteiger partial charge in [-0.2, -0.15) is 0 Å². The summed E-state index contributed by atoms with van der Waals surface area (Å²) >= 11 is 0. The molecule has 0 saturated carbocycles. The molecular weight excluding hydrogens is 267 g/mol. The van der Waals surface area contributed by atoms with Gasteiger partial charge in [-0.15, -0.1) is 0 Å². The van der Waals surface area contributed by atoms with Crippen LogP contribution in [0.2, 0.25) is 0 Å². The Morgan fingerprint density at radius 3 is 2.57 bits per heavy atom. The predicted octanol–water partition coefficient (Wildman–Crippen LogP) is 3.12. The number of rotatable bonds is 6. The van der Waals surface area contributed by atoms with E-state index in [0.717, 1.165) is 6.42 Å². The van der Waals surface area contributed by atoms with E-state index in [0.29, 0.717) is 12.2 Å². The molecule has 2 aromatic carbocycles. The van der Waals surface area contributed by atoms with Crippen molar-refractivity contribution in [2.24, 2.45) is 0 Å². The summed E-state index contributed by atoms with van der Waals surface area (Å²) in [6, 6.07) is 14.0. The summed E-state index contributed by atoms with van der Waals surface area (Å²) in [4.78, 5) is 11.8. The van der Waals surface area contributed by atoms with E-state index < -0.39 is 0 Å². The number of benzene rings is 2. The number of nitrogens with one attached hydrogen (secondary N) is 2. The first-order chi connectivity index (χ1) is 10.2. The van der Waals surface area contributed by atoms with Crippen LogP contribution in [0.5, 0.6) is 0 Å². The first kappa shape index (κ1) is 15.2. The molecule has 0 aliphatic heterocycles. The summed E-state index contributed by atoms with van der Waals surface area (Å²) < 4.78 is 13.0. The van der Waals surface area contributed by atoms with Crippen molar-refractivity contribution in [2.75, 3.05) is 11.9 Å². The summed E-state index contributed by atoms with van der Waals surface area (Å²) in [6.45, 7) is 2.94. The minimum absolute atomic E-state index is 0.186. The first-order valence-corrected chi connectivity index (χ1v) is 7.02. The van der Waals surface area contributed by atoms with Gasteiger partial charge in [0.15, 0.2) is 0 Å². The molecular formula is C17H19FN2O. The third kappa shape index (κ3) is 4.68. The maximum Gasteiger partial charge on any atom is 0.238 e. The van der Waals surface area contributed by atoms with Crippen molar-refractivity contribution < 1.29 is 9.18 Å². The fraction of sp³-hybridized carbons (Fsp3) is 0.235. The summed E-state index contributed by atoms with van der Waals surface area (Å²) in [7, 11) is 0. The molecule has 0 heterocycles. The van der Waals surface area contributed by atoms with E-state index in [2.05, 4.69) is 29.7 Å². The minimum Gasteiger partial charge on any atom is -0.325 e. The van der Waals surface area contributed by atoms with Gasteiger partial charge in [-0.3, -0.25) is 4.79 Å². The Bertz CT molecular complexity index is 613. The quantitative estimate of drug-likeness (QED) is 0.856. The number of hydrogen-bond donors (Lipinski definition) is 2. The smallest absolute Gasteiger partial charge is 0.238 e. The topological polar surface area (TPSA) is 41.1 Å². The number of carbonyl (C=O) groups excluding carboxylic acids is 1. The van der Waals surface area contributed by atoms with Crippen molar-refractivity contribution in [2.45, 2.75) is 19.9 Å². The third-order valence-electron chi connectivity index (χ3n) is 3.21. The summed E-state index contributed by atoms with van der Waals surface area (Å²) in [5, 5.41) is 5.76. The van der Waals surface area contributed by atoms with Gasteiger partial charge in [0.05, 0.1) is 6.54 Å².